The Morgan fingerprint density at radius 2 is 1.86 bits per heavy atom. The Bertz CT molecular complexity index is 1090. The summed E-state index contributed by atoms with van der Waals surface area (Å²) in [5, 5.41) is 0.826. The first-order valence-corrected chi connectivity index (χ1v) is 9.33. The van der Waals surface area contributed by atoms with Crippen molar-refractivity contribution < 1.29 is 9.18 Å². The number of benzene rings is 2. The minimum absolute atomic E-state index is 0.0893. The molecule has 8 heteroatoms. The van der Waals surface area contributed by atoms with Gasteiger partial charge in [0, 0.05) is 31.2 Å². The van der Waals surface area contributed by atoms with Crippen LogP contribution in [0.3, 0.4) is 0 Å². The molecule has 1 aromatic heterocycles. The van der Waals surface area contributed by atoms with Gasteiger partial charge in [-0.3, -0.25) is 14.2 Å². The van der Waals surface area contributed by atoms with Gasteiger partial charge in [-0.15, -0.1) is 0 Å². The zero-order valence-electron chi connectivity index (χ0n) is 15.0. The van der Waals surface area contributed by atoms with Crippen molar-refractivity contribution >= 4 is 34.1 Å². The summed E-state index contributed by atoms with van der Waals surface area (Å²) < 4.78 is 15.2. The van der Waals surface area contributed by atoms with Gasteiger partial charge in [0.25, 0.3) is 5.56 Å². The molecule has 4 rings (SSSR count). The number of piperazine rings is 1. The molecule has 1 aliphatic rings. The van der Waals surface area contributed by atoms with Crippen molar-refractivity contribution in [1.82, 2.24) is 14.5 Å². The summed E-state index contributed by atoms with van der Waals surface area (Å²) in [4.78, 5) is 33.1. The lowest BCUT2D eigenvalue weighted by molar-refractivity contribution is -0.132. The number of halogens is 2. The van der Waals surface area contributed by atoms with Crippen LogP contribution in [0.5, 0.6) is 0 Å². The molecule has 1 aliphatic heterocycles. The maximum Gasteiger partial charge on any atom is 0.261 e. The lowest BCUT2D eigenvalue weighted by Crippen LogP contribution is -2.50. The van der Waals surface area contributed by atoms with Gasteiger partial charge in [0.1, 0.15) is 12.4 Å². The molecule has 0 unspecified atom stereocenters. The van der Waals surface area contributed by atoms with Gasteiger partial charge in [0.2, 0.25) is 5.91 Å². The average Bonchev–Trinajstić information content (AvgIpc) is 2.71. The van der Waals surface area contributed by atoms with E-state index in [1.165, 1.54) is 17.0 Å². The minimum Gasteiger partial charge on any atom is -0.366 e. The lowest BCUT2D eigenvalue weighted by Gasteiger charge is -2.36. The Morgan fingerprint density at radius 1 is 1.11 bits per heavy atom. The number of nitrogens with zero attached hydrogens (tertiary/aromatic N) is 4. The number of aromatic nitrogens is 2. The maximum absolute atomic E-state index is 13.9. The van der Waals surface area contributed by atoms with Crippen LogP contribution >= 0.6 is 11.6 Å². The number of hydrogen-bond acceptors (Lipinski definition) is 4. The number of anilines is 1. The Kier molecular flexibility index (Phi) is 5.00. The van der Waals surface area contributed by atoms with Gasteiger partial charge >= 0.3 is 0 Å². The maximum atomic E-state index is 13.9. The first-order valence-electron chi connectivity index (χ1n) is 8.95. The van der Waals surface area contributed by atoms with E-state index in [0.29, 0.717) is 47.8 Å². The van der Waals surface area contributed by atoms with Gasteiger partial charge in [0.15, 0.2) is 0 Å². The zero-order valence-corrected chi connectivity index (χ0v) is 15.8. The Balaban J connectivity index is 1.45. The standard InChI is InChI=1S/C20H18ClFN4O2/c21-14-5-6-17-15(11-14)20(28)26(13-23-17)12-19(27)25-9-7-24(8-10-25)18-4-2-1-3-16(18)22/h1-6,11,13H,7-10,12H2. The van der Waals surface area contributed by atoms with E-state index in [2.05, 4.69) is 4.98 Å². The quantitative estimate of drug-likeness (QED) is 0.678. The molecule has 1 fully saturated rings. The lowest BCUT2D eigenvalue weighted by atomic mass is 10.2. The number of amides is 1. The fourth-order valence-electron chi connectivity index (χ4n) is 3.39. The van der Waals surface area contributed by atoms with Crippen LogP contribution in [0.25, 0.3) is 10.9 Å². The van der Waals surface area contributed by atoms with Crippen molar-refractivity contribution in [1.29, 1.82) is 0 Å². The van der Waals surface area contributed by atoms with Gasteiger partial charge in [-0.25, -0.2) is 9.37 Å². The fraction of sp³-hybridized carbons (Fsp3) is 0.250. The molecule has 0 aliphatic carbocycles. The van der Waals surface area contributed by atoms with Gasteiger partial charge in [-0.2, -0.15) is 0 Å². The molecular formula is C20H18ClFN4O2. The van der Waals surface area contributed by atoms with Crippen LogP contribution in [0.2, 0.25) is 5.02 Å². The number of rotatable bonds is 3. The molecule has 3 aromatic rings. The third-order valence-electron chi connectivity index (χ3n) is 4.92. The highest BCUT2D eigenvalue weighted by atomic mass is 35.5. The summed E-state index contributed by atoms with van der Waals surface area (Å²) in [6.07, 6.45) is 1.38. The fourth-order valence-corrected chi connectivity index (χ4v) is 3.57. The van der Waals surface area contributed by atoms with E-state index in [9.17, 15) is 14.0 Å². The minimum atomic E-state index is -0.300. The molecule has 144 valence electrons. The smallest absolute Gasteiger partial charge is 0.261 e. The second-order valence-corrected chi connectivity index (χ2v) is 7.09. The van der Waals surface area contributed by atoms with E-state index < -0.39 is 0 Å². The monoisotopic (exact) mass is 400 g/mol. The molecule has 2 heterocycles. The first kappa shape index (κ1) is 18.4. The van der Waals surface area contributed by atoms with E-state index in [4.69, 9.17) is 11.6 Å². The van der Waals surface area contributed by atoms with Gasteiger partial charge in [0.05, 0.1) is 22.9 Å². The summed E-state index contributed by atoms with van der Waals surface area (Å²) in [6.45, 7) is 1.91. The number of para-hydroxylation sites is 1. The molecule has 28 heavy (non-hydrogen) atoms. The molecule has 0 spiro atoms. The van der Waals surface area contributed by atoms with Crippen LogP contribution in [0.1, 0.15) is 0 Å². The Labute approximate surface area is 165 Å². The summed E-state index contributed by atoms with van der Waals surface area (Å²) in [6, 6.07) is 11.5. The Hall–Kier alpha value is -2.93. The molecule has 0 saturated carbocycles. The van der Waals surface area contributed by atoms with Gasteiger partial charge in [-0.05, 0) is 30.3 Å². The van der Waals surface area contributed by atoms with E-state index in [-0.39, 0.29) is 23.8 Å². The number of carbonyl (C=O) groups excluding carboxylic acids is 1. The van der Waals surface area contributed by atoms with E-state index in [0.717, 1.165) is 0 Å². The van der Waals surface area contributed by atoms with Crippen LogP contribution in [0, 0.1) is 5.82 Å². The molecule has 6 nitrogen and oxygen atoms in total. The highest BCUT2D eigenvalue weighted by Crippen LogP contribution is 2.20. The van der Waals surface area contributed by atoms with Crippen LogP contribution in [-0.2, 0) is 11.3 Å². The van der Waals surface area contributed by atoms with Crippen LogP contribution < -0.4 is 10.5 Å². The molecule has 0 N–H and O–H groups in total. The summed E-state index contributed by atoms with van der Waals surface area (Å²) in [5.74, 6) is -0.437. The number of fused-ring (bicyclic) bond motifs is 1. The summed E-state index contributed by atoms with van der Waals surface area (Å²) >= 11 is 5.96. The highest BCUT2D eigenvalue weighted by molar-refractivity contribution is 6.31. The van der Waals surface area contributed by atoms with E-state index >= 15 is 0 Å². The summed E-state index contributed by atoms with van der Waals surface area (Å²) in [5.41, 5.74) is 0.781. The average molecular weight is 401 g/mol. The van der Waals surface area contributed by atoms with Crippen molar-refractivity contribution in [2.45, 2.75) is 6.54 Å². The van der Waals surface area contributed by atoms with Crippen LogP contribution in [0.15, 0.2) is 53.6 Å². The van der Waals surface area contributed by atoms with E-state index in [1.54, 1.807) is 41.3 Å². The molecule has 0 atom stereocenters. The SMILES string of the molecule is O=C(Cn1cnc2ccc(Cl)cc2c1=O)N1CCN(c2ccccc2F)CC1. The second kappa shape index (κ2) is 7.59. The van der Waals surface area contributed by atoms with Crippen molar-refractivity contribution in [3.63, 3.8) is 0 Å². The van der Waals surface area contributed by atoms with Gasteiger partial charge < -0.3 is 9.80 Å². The second-order valence-electron chi connectivity index (χ2n) is 6.66. The number of hydrogen-bond donors (Lipinski definition) is 0. The predicted molar refractivity (Wildman–Crippen MR) is 106 cm³/mol. The molecule has 0 bridgehead atoms. The number of carbonyl (C=O) groups is 1. The third-order valence-corrected chi connectivity index (χ3v) is 5.15. The van der Waals surface area contributed by atoms with Crippen molar-refractivity contribution in [3.8, 4) is 0 Å². The predicted octanol–water partition coefficient (Wildman–Crippen LogP) is 2.54. The topological polar surface area (TPSA) is 58.4 Å². The molecule has 0 radical (unpaired) electrons. The van der Waals surface area contributed by atoms with Gasteiger partial charge in [-0.1, -0.05) is 23.7 Å². The van der Waals surface area contributed by atoms with Crippen LogP contribution in [-0.4, -0.2) is 46.5 Å². The zero-order chi connectivity index (χ0) is 19.7. The normalized spacial score (nSPS) is 14.5. The summed E-state index contributed by atoms with van der Waals surface area (Å²) in [7, 11) is 0. The first-order chi connectivity index (χ1) is 13.5. The molecule has 1 saturated heterocycles. The van der Waals surface area contributed by atoms with Crippen LogP contribution in [0.4, 0.5) is 10.1 Å². The van der Waals surface area contributed by atoms with Crippen molar-refractivity contribution in [2.24, 2.45) is 0 Å². The largest absolute Gasteiger partial charge is 0.366 e. The molecule has 2 aromatic carbocycles. The third kappa shape index (κ3) is 3.57. The van der Waals surface area contributed by atoms with Crippen molar-refractivity contribution in [2.75, 3.05) is 31.1 Å². The highest BCUT2D eigenvalue weighted by Gasteiger charge is 2.23. The molecule has 1 amide bonds. The Morgan fingerprint density at radius 3 is 2.61 bits per heavy atom. The molecular weight excluding hydrogens is 383 g/mol. The van der Waals surface area contributed by atoms with Crippen molar-refractivity contribution in [3.05, 3.63) is 70.0 Å². The van der Waals surface area contributed by atoms with E-state index in [1.807, 2.05) is 4.90 Å².